The lowest BCUT2D eigenvalue weighted by atomic mass is 9.95. The van der Waals surface area contributed by atoms with Crippen molar-refractivity contribution in [3.63, 3.8) is 0 Å². The van der Waals surface area contributed by atoms with Gasteiger partial charge >= 0.3 is 0 Å². The summed E-state index contributed by atoms with van der Waals surface area (Å²) in [5, 5.41) is 2.31. The van der Waals surface area contributed by atoms with E-state index in [1.54, 1.807) is 7.11 Å². The summed E-state index contributed by atoms with van der Waals surface area (Å²) >= 11 is 0. The highest BCUT2D eigenvalue weighted by Gasteiger charge is 2.18. The summed E-state index contributed by atoms with van der Waals surface area (Å²) in [4.78, 5) is 0. The second-order valence-corrected chi connectivity index (χ2v) is 7.14. The standard InChI is InChI=1S/C23H34N2O2/c1-18(16-26-2)23(25)20(11-5-3-4-8-15-24)17-27-22-14-9-12-19-10-6-7-13-21(19)22/h6-7,9-14,18,23H,3-5,8,15-17,24-25H2,1-2H3. The van der Waals surface area contributed by atoms with E-state index in [4.69, 9.17) is 20.9 Å². The molecule has 0 aromatic heterocycles. The molecule has 0 aliphatic heterocycles. The van der Waals surface area contributed by atoms with Gasteiger partial charge in [0.15, 0.2) is 0 Å². The minimum atomic E-state index is -0.0746. The minimum Gasteiger partial charge on any atom is -0.489 e. The van der Waals surface area contributed by atoms with Gasteiger partial charge in [0.2, 0.25) is 0 Å². The number of fused-ring (bicyclic) bond motifs is 1. The zero-order chi connectivity index (χ0) is 19.5. The first-order valence-corrected chi connectivity index (χ1v) is 9.91. The van der Waals surface area contributed by atoms with E-state index in [-0.39, 0.29) is 12.0 Å². The number of hydrogen-bond donors (Lipinski definition) is 2. The number of hydrogen-bond acceptors (Lipinski definition) is 4. The van der Waals surface area contributed by atoms with Crippen LogP contribution in [0.1, 0.15) is 32.6 Å². The topological polar surface area (TPSA) is 70.5 Å². The predicted molar refractivity (Wildman–Crippen MR) is 114 cm³/mol. The first-order valence-electron chi connectivity index (χ1n) is 9.91. The molecule has 0 heterocycles. The Morgan fingerprint density at radius 3 is 2.63 bits per heavy atom. The molecule has 0 aliphatic carbocycles. The van der Waals surface area contributed by atoms with Gasteiger partial charge in [-0.05, 0) is 48.8 Å². The Balaban J connectivity index is 2.08. The summed E-state index contributed by atoms with van der Waals surface area (Å²) in [5.74, 6) is 1.13. The average Bonchev–Trinajstić information content (AvgIpc) is 2.69. The molecule has 0 bridgehead atoms. The van der Waals surface area contributed by atoms with Crippen LogP contribution in [0.2, 0.25) is 0 Å². The number of unbranched alkanes of at least 4 members (excludes halogenated alkanes) is 3. The Hall–Kier alpha value is -1.88. The van der Waals surface area contributed by atoms with Gasteiger partial charge < -0.3 is 20.9 Å². The van der Waals surface area contributed by atoms with Crippen molar-refractivity contribution in [3.05, 3.63) is 54.1 Å². The Labute approximate surface area is 163 Å². The maximum Gasteiger partial charge on any atom is 0.127 e. The molecule has 0 spiro atoms. The molecule has 2 aromatic carbocycles. The van der Waals surface area contributed by atoms with Gasteiger partial charge in [-0.3, -0.25) is 0 Å². The molecular weight excluding hydrogens is 336 g/mol. The normalized spacial score (nSPS) is 14.3. The Morgan fingerprint density at radius 1 is 1.07 bits per heavy atom. The first-order chi connectivity index (χ1) is 13.2. The van der Waals surface area contributed by atoms with Gasteiger partial charge in [0, 0.05) is 18.5 Å². The van der Waals surface area contributed by atoms with Gasteiger partial charge in [0.25, 0.3) is 0 Å². The van der Waals surface area contributed by atoms with Gasteiger partial charge in [0.05, 0.1) is 6.61 Å². The molecule has 0 radical (unpaired) electrons. The van der Waals surface area contributed by atoms with Crippen molar-refractivity contribution in [2.45, 2.75) is 38.6 Å². The fraction of sp³-hybridized carbons (Fsp3) is 0.478. The summed E-state index contributed by atoms with van der Waals surface area (Å²) < 4.78 is 11.5. The van der Waals surface area contributed by atoms with Crippen LogP contribution in [0.4, 0.5) is 0 Å². The average molecular weight is 371 g/mol. The summed E-state index contributed by atoms with van der Waals surface area (Å²) in [6.07, 6.45) is 6.59. The third-order valence-electron chi connectivity index (χ3n) is 4.93. The Morgan fingerprint density at radius 2 is 1.85 bits per heavy atom. The zero-order valence-electron chi connectivity index (χ0n) is 16.7. The Kier molecular flexibility index (Phi) is 9.32. The number of ether oxygens (including phenoxy) is 2. The van der Waals surface area contributed by atoms with Crippen LogP contribution >= 0.6 is 0 Å². The molecule has 0 fully saturated rings. The van der Waals surface area contributed by atoms with E-state index in [1.165, 1.54) is 5.39 Å². The molecule has 0 saturated carbocycles. The van der Waals surface area contributed by atoms with Gasteiger partial charge in [-0.25, -0.2) is 0 Å². The predicted octanol–water partition coefficient (Wildman–Crippen LogP) is 4.27. The summed E-state index contributed by atoms with van der Waals surface area (Å²) in [5.41, 5.74) is 13.2. The van der Waals surface area contributed by atoms with E-state index in [9.17, 15) is 0 Å². The molecule has 2 atom stereocenters. The van der Waals surface area contributed by atoms with Gasteiger partial charge in [0.1, 0.15) is 12.4 Å². The highest BCUT2D eigenvalue weighted by Crippen LogP contribution is 2.26. The minimum absolute atomic E-state index is 0.0746. The van der Waals surface area contributed by atoms with Crippen molar-refractivity contribution in [1.29, 1.82) is 0 Å². The fourth-order valence-electron chi connectivity index (χ4n) is 3.26. The second kappa shape index (κ2) is 11.8. The lowest BCUT2D eigenvalue weighted by Gasteiger charge is -2.23. The monoisotopic (exact) mass is 370 g/mol. The molecule has 4 heteroatoms. The lowest BCUT2D eigenvalue weighted by molar-refractivity contribution is 0.150. The van der Waals surface area contributed by atoms with E-state index in [2.05, 4.69) is 31.2 Å². The number of nitrogens with two attached hydrogens (primary N) is 2. The largest absolute Gasteiger partial charge is 0.489 e. The fourth-order valence-corrected chi connectivity index (χ4v) is 3.26. The summed E-state index contributed by atoms with van der Waals surface area (Å²) in [6, 6.07) is 14.3. The summed E-state index contributed by atoms with van der Waals surface area (Å²) in [7, 11) is 1.71. The van der Waals surface area contributed by atoms with Gasteiger partial charge in [-0.15, -0.1) is 0 Å². The van der Waals surface area contributed by atoms with Crippen LogP contribution in [0.25, 0.3) is 10.8 Å². The van der Waals surface area contributed by atoms with Crippen LogP contribution in [-0.2, 0) is 4.74 Å². The van der Waals surface area contributed by atoms with Crippen LogP contribution < -0.4 is 16.2 Å². The summed E-state index contributed by atoms with van der Waals surface area (Å²) in [6.45, 7) is 4.01. The molecule has 4 nitrogen and oxygen atoms in total. The maximum absolute atomic E-state index is 6.52. The highest BCUT2D eigenvalue weighted by atomic mass is 16.5. The van der Waals surface area contributed by atoms with Crippen molar-refractivity contribution >= 4 is 10.8 Å². The van der Waals surface area contributed by atoms with E-state index in [0.717, 1.165) is 48.9 Å². The second-order valence-electron chi connectivity index (χ2n) is 7.14. The molecule has 2 rings (SSSR count). The first kappa shape index (κ1) is 21.4. The molecule has 0 amide bonds. The molecule has 0 saturated heterocycles. The highest BCUT2D eigenvalue weighted by molar-refractivity contribution is 5.88. The molecule has 148 valence electrons. The van der Waals surface area contributed by atoms with Crippen LogP contribution in [-0.4, -0.2) is 32.9 Å². The maximum atomic E-state index is 6.52. The molecule has 2 aromatic rings. The van der Waals surface area contributed by atoms with Crippen LogP contribution in [0.15, 0.2) is 54.1 Å². The molecule has 0 aliphatic rings. The van der Waals surface area contributed by atoms with E-state index >= 15 is 0 Å². The van der Waals surface area contributed by atoms with E-state index in [1.807, 2.05) is 24.3 Å². The molecule has 2 unspecified atom stereocenters. The van der Waals surface area contributed by atoms with E-state index in [0.29, 0.717) is 13.2 Å². The third-order valence-corrected chi connectivity index (χ3v) is 4.93. The van der Waals surface area contributed by atoms with Crippen LogP contribution in [0, 0.1) is 5.92 Å². The number of allylic oxidation sites excluding steroid dienone is 1. The van der Waals surface area contributed by atoms with Crippen molar-refractivity contribution in [1.82, 2.24) is 0 Å². The SMILES string of the molecule is COCC(C)C(N)C(=CCCCCCN)COc1cccc2ccccc12. The van der Waals surface area contributed by atoms with Crippen LogP contribution in [0.3, 0.4) is 0 Å². The van der Waals surface area contributed by atoms with E-state index < -0.39 is 0 Å². The lowest BCUT2D eigenvalue weighted by Crippen LogP contribution is -2.35. The number of methoxy groups -OCH3 is 1. The molecule has 27 heavy (non-hydrogen) atoms. The quantitative estimate of drug-likeness (QED) is 0.432. The molecular formula is C23H34N2O2. The van der Waals surface area contributed by atoms with Crippen molar-refractivity contribution in [3.8, 4) is 5.75 Å². The van der Waals surface area contributed by atoms with Crippen LogP contribution in [0.5, 0.6) is 5.75 Å². The van der Waals surface area contributed by atoms with Crippen molar-refractivity contribution in [2.24, 2.45) is 17.4 Å². The van der Waals surface area contributed by atoms with Crippen molar-refractivity contribution < 1.29 is 9.47 Å². The van der Waals surface area contributed by atoms with Gasteiger partial charge in [-0.1, -0.05) is 55.8 Å². The number of rotatable bonds is 12. The number of benzene rings is 2. The smallest absolute Gasteiger partial charge is 0.127 e. The third kappa shape index (κ3) is 6.65. The molecule has 4 N–H and O–H groups in total. The zero-order valence-corrected chi connectivity index (χ0v) is 16.7. The van der Waals surface area contributed by atoms with Crippen molar-refractivity contribution in [2.75, 3.05) is 26.9 Å². The van der Waals surface area contributed by atoms with Gasteiger partial charge in [-0.2, -0.15) is 0 Å². The Bertz CT molecular complexity index is 709.